The summed E-state index contributed by atoms with van der Waals surface area (Å²) in [7, 11) is 0. The summed E-state index contributed by atoms with van der Waals surface area (Å²) in [5.41, 5.74) is 2.40. The van der Waals surface area contributed by atoms with Crippen molar-refractivity contribution in [2.24, 2.45) is 0 Å². The lowest BCUT2D eigenvalue weighted by molar-refractivity contribution is -0.118. The third-order valence-corrected chi connectivity index (χ3v) is 4.30. The van der Waals surface area contributed by atoms with Crippen molar-refractivity contribution in [1.82, 2.24) is 5.32 Å². The van der Waals surface area contributed by atoms with E-state index in [1.54, 1.807) is 17.0 Å². The first kappa shape index (κ1) is 17.0. The molecule has 25 heavy (non-hydrogen) atoms. The van der Waals surface area contributed by atoms with E-state index in [1.165, 1.54) is 12.1 Å². The smallest absolute Gasteiger partial charge is 0.319 e. The molecule has 1 heterocycles. The minimum atomic E-state index is -0.584. The first-order valence-corrected chi connectivity index (χ1v) is 8.31. The van der Waals surface area contributed by atoms with Gasteiger partial charge in [-0.05, 0) is 48.7 Å². The zero-order valence-electron chi connectivity index (χ0n) is 14.0. The van der Waals surface area contributed by atoms with Crippen LogP contribution in [0.5, 0.6) is 0 Å². The molecule has 1 aliphatic heterocycles. The zero-order chi connectivity index (χ0) is 17.8. The van der Waals surface area contributed by atoms with E-state index in [1.807, 2.05) is 31.2 Å². The monoisotopic (exact) mass is 341 g/mol. The highest BCUT2D eigenvalue weighted by molar-refractivity contribution is 6.02. The third-order valence-electron chi connectivity index (χ3n) is 4.30. The van der Waals surface area contributed by atoms with Crippen molar-refractivity contribution in [3.8, 4) is 0 Å². The van der Waals surface area contributed by atoms with Crippen molar-refractivity contribution >= 4 is 23.3 Å². The number of amides is 3. The molecule has 2 aromatic rings. The van der Waals surface area contributed by atoms with Gasteiger partial charge in [-0.1, -0.05) is 25.1 Å². The maximum atomic E-state index is 13.0. The molecule has 130 valence electrons. The lowest BCUT2D eigenvalue weighted by Gasteiger charge is -2.17. The Balaban J connectivity index is 1.62. The van der Waals surface area contributed by atoms with Crippen LogP contribution in [0.1, 0.15) is 18.9 Å². The van der Waals surface area contributed by atoms with Crippen molar-refractivity contribution in [3.05, 3.63) is 59.9 Å². The number of para-hydroxylation sites is 1. The molecule has 2 N–H and O–H groups in total. The van der Waals surface area contributed by atoms with Gasteiger partial charge < -0.3 is 15.5 Å². The van der Waals surface area contributed by atoms with Gasteiger partial charge in [0.1, 0.15) is 11.9 Å². The molecule has 0 unspecified atom stereocenters. The molecule has 1 atom stereocenters. The highest BCUT2D eigenvalue weighted by Crippen LogP contribution is 2.22. The topological polar surface area (TPSA) is 61.4 Å². The predicted octanol–water partition coefficient (Wildman–Crippen LogP) is 3.32. The molecule has 0 spiro atoms. The first-order valence-electron chi connectivity index (χ1n) is 8.31. The number of benzene rings is 2. The second-order valence-electron chi connectivity index (χ2n) is 5.92. The van der Waals surface area contributed by atoms with Gasteiger partial charge >= 0.3 is 6.03 Å². The van der Waals surface area contributed by atoms with E-state index in [0.717, 1.165) is 17.7 Å². The summed E-state index contributed by atoms with van der Waals surface area (Å²) in [6.07, 6.45) is 1.32. The fourth-order valence-electron chi connectivity index (χ4n) is 2.96. The highest BCUT2D eigenvalue weighted by Gasteiger charge is 2.33. The van der Waals surface area contributed by atoms with Crippen LogP contribution in [0.3, 0.4) is 0 Å². The average Bonchev–Trinajstić information content (AvgIpc) is 2.97. The van der Waals surface area contributed by atoms with E-state index in [-0.39, 0.29) is 11.7 Å². The maximum Gasteiger partial charge on any atom is 0.319 e. The van der Waals surface area contributed by atoms with Gasteiger partial charge in [-0.2, -0.15) is 0 Å². The van der Waals surface area contributed by atoms with Gasteiger partial charge in [0.15, 0.2) is 0 Å². The molecule has 2 aromatic carbocycles. The molecule has 0 aromatic heterocycles. The molecule has 1 aliphatic rings. The molecule has 1 fully saturated rings. The molecular formula is C19H20FN3O2. The Bertz CT molecular complexity index is 776. The lowest BCUT2D eigenvalue weighted by Crippen LogP contribution is -2.43. The number of aryl methyl sites for hydroxylation is 1. The predicted molar refractivity (Wildman–Crippen MR) is 95.1 cm³/mol. The van der Waals surface area contributed by atoms with Crippen molar-refractivity contribution in [2.75, 3.05) is 16.8 Å². The standard InChI is InChI=1S/C19H20FN3O2/c1-2-13-5-3-4-6-16(13)21-19(25)22-17-11-12-23(18(17)24)15-9-7-14(20)8-10-15/h3-10,17H,2,11-12H2,1H3,(H2,21,22,25)/t17-/m1/s1. The van der Waals surface area contributed by atoms with E-state index in [2.05, 4.69) is 10.6 Å². The van der Waals surface area contributed by atoms with E-state index < -0.39 is 12.1 Å². The number of rotatable bonds is 4. The van der Waals surface area contributed by atoms with Gasteiger partial charge in [-0.15, -0.1) is 0 Å². The molecule has 0 aliphatic carbocycles. The lowest BCUT2D eigenvalue weighted by atomic mass is 10.1. The summed E-state index contributed by atoms with van der Waals surface area (Å²) in [6, 6.07) is 12.3. The van der Waals surface area contributed by atoms with Crippen molar-refractivity contribution in [1.29, 1.82) is 0 Å². The largest absolute Gasteiger partial charge is 0.326 e. The molecule has 6 heteroatoms. The fourth-order valence-corrected chi connectivity index (χ4v) is 2.96. The number of anilines is 2. The van der Waals surface area contributed by atoms with Crippen LogP contribution in [-0.4, -0.2) is 24.5 Å². The van der Waals surface area contributed by atoms with Crippen molar-refractivity contribution in [2.45, 2.75) is 25.8 Å². The van der Waals surface area contributed by atoms with E-state index in [9.17, 15) is 14.0 Å². The number of carbonyl (C=O) groups is 2. The molecule has 0 saturated carbocycles. The Kier molecular flexibility index (Phi) is 4.97. The Morgan fingerprint density at radius 2 is 1.92 bits per heavy atom. The molecule has 5 nitrogen and oxygen atoms in total. The molecule has 0 bridgehead atoms. The normalized spacial score (nSPS) is 16.8. The van der Waals surface area contributed by atoms with E-state index in [0.29, 0.717) is 18.7 Å². The SMILES string of the molecule is CCc1ccccc1NC(=O)N[C@@H]1CCN(c2ccc(F)cc2)C1=O. The molecular weight excluding hydrogens is 321 g/mol. The van der Waals surface area contributed by atoms with Crippen LogP contribution in [0.2, 0.25) is 0 Å². The highest BCUT2D eigenvalue weighted by atomic mass is 19.1. The number of hydrogen-bond acceptors (Lipinski definition) is 2. The summed E-state index contributed by atoms with van der Waals surface area (Å²) >= 11 is 0. The quantitative estimate of drug-likeness (QED) is 0.896. The van der Waals surface area contributed by atoms with Gasteiger partial charge in [0, 0.05) is 17.9 Å². The number of nitrogens with one attached hydrogen (secondary N) is 2. The van der Waals surface area contributed by atoms with Gasteiger partial charge in [-0.25, -0.2) is 9.18 Å². The Morgan fingerprint density at radius 1 is 1.20 bits per heavy atom. The molecule has 3 amide bonds. The van der Waals surface area contributed by atoms with E-state index >= 15 is 0 Å². The Hall–Kier alpha value is -2.89. The van der Waals surface area contributed by atoms with Crippen LogP contribution in [-0.2, 0) is 11.2 Å². The Labute approximate surface area is 145 Å². The van der Waals surface area contributed by atoms with Crippen molar-refractivity contribution < 1.29 is 14.0 Å². The van der Waals surface area contributed by atoms with Crippen LogP contribution in [0.4, 0.5) is 20.6 Å². The summed E-state index contributed by atoms with van der Waals surface area (Å²) in [6.45, 7) is 2.50. The molecule has 3 rings (SSSR count). The van der Waals surface area contributed by atoms with Crippen LogP contribution in [0.25, 0.3) is 0 Å². The minimum Gasteiger partial charge on any atom is -0.326 e. The number of urea groups is 1. The summed E-state index contributed by atoms with van der Waals surface area (Å²) < 4.78 is 13.0. The number of carbonyl (C=O) groups excluding carboxylic acids is 2. The van der Waals surface area contributed by atoms with Gasteiger partial charge in [0.25, 0.3) is 0 Å². The Morgan fingerprint density at radius 3 is 2.64 bits per heavy atom. The second-order valence-corrected chi connectivity index (χ2v) is 5.92. The summed E-state index contributed by atoms with van der Waals surface area (Å²) in [4.78, 5) is 26.3. The van der Waals surface area contributed by atoms with Gasteiger partial charge in [-0.3, -0.25) is 4.79 Å². The summed E-state index contributed by atoms with van der Waals surface area (Å²) in [5.74, 6) is -0.537. The van der Waals surface area contributed by atoms with Gasteiger partial charge in [0.2, 0.25) is 5.91 Å². The number of halogens is 1. The first-order chi connectivity index (χ1) is 12.1. The fraction of sp³-hybridized carbons (Fsp3) is 0.263. The average molecular weight is 341 g/mol. The maximum absolute atomic E-state index is 13.0. The van der Waals surface area contributed by atoms with Crippen LogP contribution in [0, 0.1) is 5.82 Å². The summed E-state index contributed by atoms with van der Waals surface area (Å²) in [5, 5.41) is 5.52. The van der Waals surface area contributed by atoms with Crippen LogP contribution in [0.15, 0.2) is 48.5 Å². The second kappa shape index (κ2) is 7.34. The number of hydrogen-bond donors (Lipinski definition) is 2. The van der Waals surface area contributed by atoms with Crippen LogP contribution >= 0.6 is 0 Å². The number of nitrogens with zero attached hydrogens (tertiary/aromatic N) is 1. The molecule has 0 radical (unpaired) electrons. The minimum absolute atomic E-state index is 0.189. The van der Waals surface area contributed by atoms with Gasteiger partial charge in [0.05, 0.1) is 0 Å². The molecule has 1 saturated heterocycles. The van der Waals surface area contributed by atoms with Crippen molar-refractivity contribution in [3.63, 3.8) is 0 Å². The third kappa shape index (κ3) is 3.79. The van der Waals surface area contributed by atoms with Crippen LogP contribution < -0.4 is 15.5 Å². The van der Waals surface area contributed by atoms with E-state index in [4.69, 9.17) is 0 Å². The zero-order valence-corrected chi connectivity index (χ0v) is 14.0.